The van der Waals surface area contributed by atoms with Crippen LogP contribution in [0.1, 0.15) is 52.4 Å². The van der Waals surface area contributed by atoms with E-state index in [4.69, 9.17) is 0 Å². The second-order valence-corrected chi connectivity index (χ2v) is 4.33. The first-order chi connectivity index (χ1) is 6.18. The summed E-state index contributed by atoms with van der Waals surface area (Å²) in [5, 5.41) is 0. The SMILES string of the molecule is C/C1=C\CC[C@@H](C)CC(=O)CCC1. The van der Waals surface area contributed by atoms with Gasteiger partial charge < -0.3 is 0 Å². The van der Waals surface area contributed by atoms with E-state index < -0.39 is 0 Å². The Bertz CT molecular complexity index is 203. The third kappa shape index (κ3) is 4.25. The highest BCUT2D eigenvalue weighted by molar-refractivity contribution is 5.78. The van der Waals surface area contributed by atoms with Gasteiger partial charge in [-0.05, 0) is 38.5 Å². The van der Waals surface area contributed by atoms with Crippen molar-refractivity contribution in [2.24, 2.45) is 5.92 Å². The molecule has 0 unspecified atom stereocenters. The Morgan fingerprint density at radius 2 is 2.15 bits per heavy atom. The van der Waals surface area contributed by atoms with E-state index in [-0.39, 0.29) is 0 Å². The van der Waals surface area contributed by atoms with Gasteiger partial charge in [0.1, 0.15) is 5.78 Å². The fourth-order valence-electron chi connectivity index (χ4n) is 1.87. The Labute approximate surface area is 81.2 Å². The molecule has 0 radical (unpaired) electrons. The van der Waals surface area contributed by atoms with Crippen molar-refractivity contribution in [3.05, 3.63) is 11.6 Å². The van der Waals surface area contributed by atoms with Gasteiger partial charge in [0.25, 0.3) is 0 Å². The molecule has 0 heterocycles. The lowest BCUT2D eigenvalue weighted by Crippen LogP contribution is -2.06. The van der Waals surface area contributed by atoms with Crippen molar-refractivity contribution in [3.8, 4) is 0 Å². The lowest BCUT2D eigenvalue weighted by atomic mass is 9.94. The molecule has 1 aliphatic carbocycles. The van der Waals surface area contributed by atoms with Gasteiger partial charge in [0.2, 0.25) is 0 Å². The summed E-state index contributed by atoms with van der Waals surface area (Å²) in [5.74, 6) is 1.04. The van der Waals surface area contributed by atoms with Gasteiger partial charge in [-0.15, -0.1) is 0 Å². The minimum atomic E-state index is 0.460. The molecule has 0 aromatic heterocycles. The predicted molar refractivity (Wildman–Crippen MR) is 55.6 cm³/mol. The van der Waals surface area contributed by atoms with Crippen LogP contribution in [0.5, 0.6) is 0 Å². The number of carbonyl (C=O) groups excluding carboxylic acids is 1. The minimum Gasteiger partial charge on any atom is -0.300 e. The second kappa shape index (κ2) is 5.21. The molecule has 0 N–H and O–H groups in total. The molecule has 0 aliphatic heterocycles. The molecule has 0 aromatic carbocycles. The van der Waals surface area contributed by atoms with Gasteiger partial charge in [0.15, 0.2) is 0 Å². The summed E-state index contributed by atoms with van der Waals surface area (Å²) in [6.07, 6.45) is 8.41. The van der Waals surface area contributed by atoms with Crippen molar-refractivity contribution in [3.63, 3.8) is 0 Å². The highest BCUT2D eigenvalue weighted by Crippen LogP contribution is 2.18. The molecule has 0 spiro atoms. The van der Waals surface area contributed by atoms with E-state index in [0.717, 1.165) is 32.1 Å². The highest BCUT2D eigenvalue weighted by Gasteiger charge is 2.09. The van der Waals surface area contributed by atoms with E-state index in [1.807, 2.05) is 0 Å². The molecule has 1 rings (SSSR count). The van der Waals surface area contributed by atoms with E-state index in [1.54, 1.807) is 0 Å². The van der Waals surface area contributed by atoms with Crippen LogP contribution >= 0.6 is 0 Å². The molecule has 1 atom stereocenters. The maximum absolute atomic E-state index is 11.4. The zero-order valence-corrected chi connectivity index (χ0v) is 8.81. The summed E-state index contributed by atoms with van der Waals surface area (Å²) >= 11 is 0. The van der Waals surface area contributed by atoms with Crippen molar-refractivity contribution in [1.82, 2.24) is 0 Å². The van der Waals surface area contributed by atoms with Crippen molar-refractivity contribution in [2.45, 2.75) is 52.4 Å². The summed E-state index contributed by atoms with van der Waals surface area (Å²) in [7, 11) is 0. The number of carbonyl (C=O) groups is 1. The molecule has 1 nitrogen and oxygen atoms in total. The van der Waals surface area contributed by atoms with Crippen molar-refractivity contribution >= 4 is 5.78 Å². The summed E-state index contributed by atoms with van der Waals surface area (Å²) in [4.78, 5) is 11.4. The quantitative estimate of drug-likeness (QED) is 0.521. The van der Waals surface area contributed by atoms with Crippen molar-refractivity contribution < 1.29 is 4.79 Å². The van der Waals surface area contributed by atoms with Crippen LogP contribution in [0.3, 0.4) is 0 Å². The smallest absolute Gasteiger partial charge is 0.133 e. The Hall–Kier alpha value is -0.590. The van der Waals surface area contributed by atoms with Crippen molar-refractivity contribution in [1.29, 1.82) is 0 Å². The number of ketones is 1. The molecule has 13 heavy (non-hydrogen) atoms. The van der Waals surface area contributed by atoms with Gasteiger partial charge in [0, 0.05) is 12.8 Å². The van der Waals surface area contributed by atoms with Crippen LogP contribution in [-0.2, 0) is 4.79 Å². The van der Waals surface area contributed by atoms with Crippen LogP contribution in [0.2, 0.25) is 0 Å². The van der Waals surface area contributed by atoms with Gasteiger partial charge in [0.05, 0.1) is 0 Å². The van der Waals surface area contributed by atoms with Crippen LogP contribution in [0.4, 0.5) is 0 Å². The average Bonchev–Trinajstić information content (AvgIpc) is 2.03. The fourth-order valence-corrected chi connectivity index (χ4v) is 1.87. The molecule has 1 aliphatic rings. The maximum Gasteiger partial charge on any atom is 0.133 e. The first-order valence-electron chi connectivity index (χ1n) is 5.36. The second-order valence-electron chi connectivity index (χ2n) is 4.33. The minimum absolute atomic E-state index is 0.460. The van der Waals surface area contributed by atoms with Crippen LogP contribution < -0.4 is 0 Å². The highest BCUT2D eigenvalue weighted by atomic mass is 16.1. The molecule has 0 bridgehead atoms. The fraction of sp³-hybridized carbons (Fsp3) is 0.750. The first kappa shape index (κ1) is 10.5. The molecule has 74 valence electrons. The largest absolute Gasteiger partial charge is 0.300 e. The molecule has 0 fully saturated rings. The standard InChI is InChI=1S/C12H20O/c1-10-5-3-7-11(2)9-12(13)8-4-6-10/h5,11H,3-4,6-9H2,1-2H3/b10-5+/t11-/m1/s1. The Morgan fingerprint density at radius 3 is 2.92 bits per heavy atom. The summed E-state index contributed by atoms with van der Waals surface area (Å²) in [6.45, 7) is 4.36. The van der Waals surface area contributed by atoms with Crippen LogP contribution in [0, 0.1) is 5.92 Å². The van der Waals surface area contributed by atoms with Crippen LogP contribution in [-0.4, -0.2) is 5.78 Å². The van der Waals surface area contributed by atoms with Gasteiger partial charge >= 0.3 is 0 Å². The molecule has 0 saturated carbocycles. The predicted octanol–water partition coefficient (Wildman–Crippen LogP) is 3.49. The molecular formula is C12H20O. The number of Topliss-reactive ketones (excluding diaryl/α,β-unsaturated/α-hetero) is 1. The summed E-state index contributed by atoms with van der Waals surface area (Å²) in [6, 6.07) is 0. The van der Waals surface area contributed by atoms with Gasteiger partial charge in [-0.1, -0.05) is 18.6 Å². The van der Waals surface area contributed by atoms with E-state index in [0.29, 0.717) is 11.7 Å². The topological polar surface area (TPSA) is 17.1 Å². The number of hydrogen-bond acceptors (Lipinski definition) is 1. The van der Waals surface area contributed by atoms with Crippen LogP contribution in [0.15, 0.2) is 11.6 Å². The average molecular weight is 180 g/mol. The van der Waals surface area contributed by atoms with Gasteiger partial charge in [-0.3, -0.25) is 4.79 Å². The Kier molecular flexibility index (Phi) is 4.20. The monoisotopic (exact) mass is 180 g/mol. The Morgan fingerprint density at radius 1 is 1.38 bits per heavy atom. The number of rotatable bonds is 0. The molecular weight excluding hydrogens is 160 g/mol. The lowest BCUT2D eigenvalue weighted by molar-refractivity contribution is -0.120. The molecule has 0 aromatic rings. The first-order valence-corrected chi connectivity index (χ1v) is 5.36. The Balaban J connectivity index is 2.49. The summed E-state index contributed by atoms with van der Waals surface area (Å²) in [5.41, 5.74) is 1.46. The maximum atomic E-state index is 11.4. The van der Waals surface area contributed by atoms with Gasteiger partial charge in [-0.2, -0.15) is 0 Å². The van der Waals surface area contributed by atoms with E-state index in [9.17, 15) is 4.79 Å². The van der Waals surface area contributed by atoms with E-state index >= 15 is 0 Å². The molecule has 0 amide bonds. The lowest BCUT2D eigenvalue weighted by Gasteiger charge is -2.11. The third-order valence-corrected chi connectivity index (χ3v) is 2.76. The summed E-state index contributed by atoms with van der Waals surface area (Å²) < 4.78 is 0. The van der Waals surface area contributed by atoms with Crippen LogP contribution in [0.25, 0.3) is 0 Å². The zero-order valence-electron chi connectivity index (χ0n) is 8.81. The third-order valence-electron chi connectivity index (χ3n) is 2.76. The van der Waals surface area contributed by atoms with E-state index in [2.05, 4.69) is 19.9 Å². The molecule has 0 saturated heterocycles. The number of hydrogen-bond donors (Lipinski definition) is 0. The molecule has 1 heteroatoms. The van der Waals surface area contributed by atoms with Crippen molar-refractivity contribution in [2.75, 3.05) is 0 Å². The van der Waals surface area contributed by atoms with E-state index in [1.165, 1.54) is 12.0 Å². The van der Waals surface area contributed by atoms with Gasteiger partial charge in [-0.25, -0.2) is 0 Å². The normalized spacial score (nSPS) is 30.8. The number of allylic oxidation sites excluding steroid dienone is 2. The zero-order chi connectivity index (χ0) is 9.68.